The molecule has 2 atom stereocenters. The first-order chi connectivity index (χ1) is 12.1. The van der Waals surface area contributed by atoms with Crippen LogP contribution in [-0.4, -0.2) is 54.8 Å². The molecule has 0 spiro atoms. The van der Waals surface area contributed by atoms with E-state index in [4.69, 9.17) is 0 Å². The van der Waals surface area contributed by atoms with Gasteiger partial charge in [-0.25, -0.2) is 4.68 Å². The minimum Gasteiger partial charge on any atom is -0.389 e. The van der Waals surface area contributed by atoms with Crippen molar-refractivity contribution in [2.24, 2.45) is 5.92 Å². The molecule has 0 bridgehead atoms. The molecule has 0 unspecified atom stereocenters. The minimum absolute atomic E-state index is 0.0157. The van der Waals surface area contributed by atoms with Gasteiger partial charge in [0.2, 0.25) is 0 Å². The summed E-state index contributed by atoms with van der Waals surface area (Å²) in [6.45, 7) is 3.22. The zero-order chi connectivity index (χ0) is 17.4. The van der Waals surface area contributed by atoms with E-state index in [9.17, 15) is 9.90 Å². The molecule has 1 aromatic heterocycles. The molecule has 2 aliphatic rings. The third-order valence-corrected chi connectivity index (χ3v) is 5.77. The van der Waals surface area contributed by atoms with Crippen molar-refractivity contribution >= 4 is 5.91 Å². The number of amides is 1. The van der Waals surface area contributed by atoms with Gasteiger partial charge in [-0.05, 0) is 54.3 Å². The maximum absolute atomic E-state index is 13.0. The molecule has 1 amide bonds. The van der Waals surface area contributed by atoms with E-state index >= 15 is 0 Å². The summed E-state index contributed by atoms with van der Waals surface area (Å²) in [6, 6.07) is 5.62. The Bertz CT molecular complexity index is 776. The SMILES string of the molecule is Cc1ccc(C(=O)N2CC[C@@]3(O)CCCC[C@@H]3C2)cc1-n1cnnn1. The number of tetrazole rings is 1. The lowest BCUT2D eigenvalue weighted by molar-refractivity contribution is -0.0886. The Morgan fingerprint density at radius 3 is 3.00 bits per heavy atom. The Balaban J connectivity index is 1.56. The number of rotatable bonds is 2. The van der Waals surface area contributed by atoms with Crippen LogP contribution in [0.25, 0.3) is 5.69 Å². The van der Waals surface area contributed by atoms with Crippen LogP contribution in [0.3, 0.4) is 0 Å². The first kappa shape index (κ1) is 16.2. The first-order valence-corrected chi connectivity index (χ1v) is 8.92. The van der Waals surface area contributed by atoms with Crippen molar-refractivity contribution in [3.8, 4) is 5.69 Å². The van der Waals surface area contributed by atoms with Gasteiger partial charge in [0, 0.05) is 24.6 Å². The van der Waals surface area contributed by atoms with E-state index in [1.165, 1.54) is 6.33 Å². The number of aliphatic hydroxyl groups is 1. The number of aryl methyl sites for hydroxylation is 1. The highest BCUT2D eigenvalue weighted by molar-refractivity contribution is 5.95. The second-order valence-electron chi connectivity index (χ2n) is 7.30. The molecule has 2 heterocycles. The number of likely N-dealkylation sites (tertiary alicyclic amines) is 1. The van der Waals surface area contributed by atoms with Gasteiger partial charge in [-0.1, -0.05) is 18.9 Å². The number of hydrogen-bond donors (Lipinski definition) is 1. The molecular formula is C18H23N5O2. The monoisotopic (exact) mass is 341 g/mol. The second kappa shape index (κ2) is 6.22. The van der Waals surface area contributed by atoms with Gasteiger partial charge in [0.15, 0.2) is 0 Å². The topological polar surface area (TPSA) is 84.1 Å². The van der Waals surface area contributed by atoms with E-state index in [0.29, 0.717) is 25.1 Å². The maximum Gasteiger partial charge on any atom is 0.253 e. The molecule has 0 radical (unpaired) electrons. The van der Waals surface area contributed by atoms with Crippen LogP contribution < -0.4 is 0 Å². The number of aromatic nitrogens is 4. The van der Waals surface area contributed by atoms with Crippen molar-refractivity contribution in [2.45, 2.75) is 44.6 Å². The number of nitrogens with zero attached hydrogens (tertiary/aromatic N) is 5. The summed E-state index contributed by atoms with van der Waals surface area (Å²) >= 11 is 0. The van der Waals surface area contributed by atoms with E-state index in [-0.39, 0.29) is 11.8 Å². The van der Waals surface area contributed by atoms with E-state index in [1.807, 2.05) is 30.0 Å². The van der Waals surface area contributed by atoms with Crippen molar-refractivity contribution in [3.63, 3.8) is 0 Å². The summed E-state index contributed by atoms with van der Waals surface area (Å²) in [7, 11) is 0. The smallest absolute Gasteiger partial charge is 0.253 e. The Kier molecular flexibility index (Phi) is 4.03. The molecule has 7 heteroatoms. The highest BCUT2D eigenvalue weighted by Gasteiger charge is 2.43. The quantitative estimate of drug-likeness (QED) is 0.899. The van der Waals surface area contributed by atoms with Crippen molar-refractivity contribution in [1.82, 2.24) is 25.1 Å². The fourth-order valence-electron chi connectivity index (χ4n) is 4.20. The highest BCUT2D eigenvalue weighted by Crippen LogP contribution is 2.40. The summed E-state index contributed by atoms with van der Waals surface area (Å²) < 4.78 is 1.57. The second-order valence-corrected chi connectivity index (χ2v) is 7.30. The number of hydrogen-bond acceptors (Lipinski definition) is 5. The van der Waals surface area contributed by atoms with Gasteiger partial charge in [-0.2, -0.15) is 0 Å². The molecular weight excluding hydrogens is 318 g/mol. The average molecular weight is 341 g/mol. The Morgan fingerprint density at radius 2 is 2.20 bits per heavy atom. The van der Waals surface area contributed by atoms with Crippen LogP contribution >= 0.6 is 0 Å². The van der Waals surface area contributed by atoms with Crippen molar-refractivity contribution < 1.29 is 9.90 Å². The summed E-state index contributed by atoms with van der Waals surface area (Å²) in [4.78, 5) is 14.9. The van der Waals surface area contributed by atoms with Crippen molar-refractivity contribution in [3.05, 3.63) is 35.7 Å². The van der Waals surface area contributed by atoms with Crippen LogP contribution in [0.2, 0.25) is 0 Å². The zero-order valence-electron chi connectivity index (χ0n) is 14.4. The van der Waals surface area contributed by atoms with Crippen molar-refractivity contribution in [2.75, 3.05) is 13.1 Å². The standard InChI is InChI=1S/C18H23N5O2/c1-13-5-6-14(10-16(13)23-12-19-20-21-23)17(24)22-9-8-18(25)7-3-2-4-15(18)11-22/h5-6,10,12,15,25H,2-4,7-9,11H2,1H3/t15-,18+/m1/s1. The molecule has 2 fully saturated rings. The molecule has 1 aliphatic heterocycles. The van der Waals surface area contributed by atoms with E-state index in [1.54, 1.807) is 4.68 Å². The predicted molar refractivity (Wildman–Crippen MR) is 91.3 cm³/mol. The Hall–Kier alpha value is -2.28. The van der Waals surface area contributed by atoms with E-state index in [2.05, 4.69) is 15.5 Å². The minimum atomic E-state index is -0.570. The number of fused-ring (bicyclic) bond motifs is 1. The lowest BCUT2D eigenvalue weighted by atomic mass is 9.71. The molecule has 4 rings (SSSR count). The molecule has 7 nitrogen and oxygen atoms in total. The van der Waals surface area contributed by atoms with Crippen LogP contribution in [-0.2, 0) is 0 Å². The molecule has 2 aromatic rings. The predicted octanol–water partition coefficient (Wildman–Crippen LogP) is 1.74. The lowest BCUT2D eigenvalue weighted by Gasteiger charge is -2.47. The van der Waals surface area contributed by atoms with Gasteiger partial charge in [0.1, 0.15) is 6.33 Å². The number of piperidine rings is 1. The largest absolute Gasteiger partial charge is 0.389 e. The summed E-state index contributed by atoms with van der Waals surface area (Å²) in [5.74, 6) is 0.213. The summed E-state index contributed by atoms with van der Waals surface area (Å²) in [5, 5.41) is 22.1. The van der Waals surface area contributed by atoms with E-state index < -0.39 is 5.60 Å². The van der Waals surface area contributed by atoms with Crippen LogP contribution in [0.4, 0.5) is 0 Å². The van der Waals surface area contributed by atoms with Gasteiger partial charge >= 0.3 is 0 Å². The Morgan fingerprint density at radius 1 is 1.32 bits per heavy atom. The van der Waals surface area contributed by atoms with Crippen LogP contribution in [0.15, 0.2) is 24.5 Å². The van der Waals surface area contributed by atoms with Gasteiger partial charge in [-0.3, -0.25) is 4.79 Å². The number of carbonyl (C=O) groups excluding carboxylic acids is 1. The molecule has 1 saturated heterocycles. The summed E-state index contributed by atoms with van der Waals surface area (Å²) in [6.07, 6.45) is 6.31. The maximum atomic E-state index is 13.0. The van der Waals surface area contributed by atoms with Gasteiger partial charge in [0.05, 0.1) is 11.3 Å². The van der Waals surface area contributed by atoms with Gasteiger partial charge in [0.25, 0.3) is 5.91 Å². The van der Waals surface area contributed by atoms with Crippen LogP contribution in [0, 0.1) is 12.8 Å². The summed E-state index contributed by atoms with van der Waals surface area (Å²) in [5.41, 5.74) is 1.88. The third kappa shape index (κ3) is 2.93. The fourth-order valence-corrected chi connectivity index (χ4v) is 4.20. The molecule has 1 saturated carbocycles. The van der Waals surface area contributed by atoms with Crippen LogP contribution in [0.1, 0.15) is 48.0 Å². The molecule has 1 N–H and O–H groups in total. The molecule has 132 valence electrons. The third-order valence-electron chi connectivity index (χ3n) is 5.77. The van der Waals surface area contributed by atoms with E-state index in [0.717, 1.165) is 36.9 Å². The molecule has 1 aromatic carbocycles. The Labute approximate surface area is 146 Å². The fraction of sp³-hybridized carbons (Fsp3) is 0.556. The molecule has 25 heavy (non-hydrogen) atoms. The van der Waals surface area contributed by atoms with Crippen molar-refractivity contribution in [1.29, 1.82) is 0 Å². The number of benzene rings is 1. The zero-order valence-corrected chi connectivity index (χ0v) is 14.4. The average Bonchev–Trinajstić information content (AvgIpc) is 3.15. The highest BCUT2D eigenvalue weighted by atomic mass is 16.3. The van der Waals surface area contributed by atoms with Gasteiger partial charge in [-0.15, -0.1) is 5.10 Å². The normalized spacial score (nSPS) is 26.3. The van der Waals surface area contributed by atoms with Gasteiger partial charge < -0.3 is 10.0 Å². The molecule has 1 aliphatic carbocycles. The lowest BCUT2D eigenvalue weighted by Crippen LogP contribution is -2.54. The van der Waals surface area contributed by atoms with Crippen LogP contribution in [0.5, 0.6) is 0 Å². The first-order valence-electron chi connectivity index (χ1n) is 8.92. The number of carbonyl (C=O) groups is 1.